The van der Waals surface area contributed by atoms with Gasteiger partial charge >= 0.3 is 0 Å². The Bertz CT molecular complexity index is 276. The first kappa shape index (κ1) is 8.98. The van der Waals surface area contributed by atoms with Crippen molar-refractivity contribution in [3.63, 3.8) is 0 Å². The molecule has 0 aliphatic heterocycles. The van der Waals surface area contributed by atoms with Gasteiger partial charge in [-0.25, -0.2) is 4.39 Å². The van der Waals surface area contributed by atoms with Gasteiger partial charge in [-0.3, -0.25) is 0 Å². The summed E-state index contributed by atoms with van der Waals surface area (Å²) < 4.78 is 12.9. The monoisotopic (exact) mass is 163 g/mol. The molecular formula is C11H12F. The van der Waals surface area contributed by atoms with Gasteiger partial charge in [-0.15, -0.1) is 0 Å². The maximum atomic E-state index is 12.9. The third-order valence-corrected chi connectivity index (χ3v) is 1.70. The summed E-state index contributed by atoms with van der Waals surface area (Å²) in [6.45, 7) is 5.55. The molecular weight excluding hydrogens is 151 g/mol. The zero-order valence-electron chi connectivity index (χ0n) is 7.23. The smallest absolute Gasteiger partial charge is 0.124 e. The molecule has 1 rings (SSSR count). The van der Waals surface area contributed by atoms with E-state index < -0.39 is 0 Å². The van der Waals surface area contributed by atoms with Gasteiger partial charge in [-0.05, 0) is 35.8 Å². The van der Waals surface area contributed by atoms with Crippen molar-refractivity contribution < 1.29 is 4.39 Å². The van der Waals surface area contributed by atoms with E-state index in [1.807, 2.05) is 6.07 Å². The molecule has 0 fully saturated rings. The van der Waals surface area contributed by atoms with Gasteiger partial charge in [0.05, 0.1) is 0 Å². The van der Waals surface area contributed by atoms with Crippen LogP contribution in [0.2, 0.25) is 0 Å². The van der Waals surface area contributed by atoms with Crippen molar-refractivity contribution in [2.45, 2.75) is 19.8 Å². The van der Waals surface area contributed by atoms with Crippen molar-refractivity contribution in [2.24, 2.45) is 0 Å². The van der Waals surface area contributed by atoms with E-state index >= 15 is 0 Å². The van der Waals surface area contributed by atoms with E-state index in [0.29, 0.717) is 0 Å². The minimum atomic E-state index is -0.202. The van der Waals surface area contributed by atoms with Crippen molar-refractivity contribution in [2.75, 3.05) is 0 Å². The Hall–Kier alpha value is -1.11. The van der Waals surface area contributed by atoms with Crippen molar-refractivity contribution in [3.8, 4) is 0 Å². The van der Waals surface area contributed by atoms with Crippen LogP contribution in [0.15, 0.2) is 24.8 Å². The number of aryl methyl sites for hydroxylation is 1. The van der Waals surface area contributed by atoms with Crippen LogP contribution in [-0.2, 0) is 6.42 Å². The Morgan fingerprint density at radius 1 is 1.42 bits per heavy atom. The lowest BCUT2D eigenvalue weighted by Crippen LogP contribution is -1.87. The number of hydrogen-bond donors (Lipinski definition) is 0. The minimum Gasteiger partial charge on any atom is -0.207 e. The molecule has 0 atom stereocenters. The predicted octanol–water partition coefficient (Wildman–Crippen LogP) is 3.12. The van der Waals surface area contributed by atoms with Gasteiger partial charge < -0.3 is 0 Å². The van der Waals surface area contributed by atoms with Gasteiger partial charge in [0.15, 0.2) is 0 Å². The molecule has 0 unspecified atom stereocenters. The fourth-order valence-electron chi connectivity index (χ4n) is 1.19. The number of benzene rings is 1. The highest BCUT2D eigenvalue weighted by atomic mass is 19.1. The van der Waals surface area contributed by atoms with Crippen molar-refractivity contribution in [1.29, 1.82) is 0 Å². The average Bonchev–Trinajstić information content (AvgIpc) is 2.04. The highest BCUT2D eigenvalue weighted by Gasteiger charge is 1.97. The van der Waals surface area contributed by atoms with Crippen LogP contribution in [0.4, 0.5) is 4.39 Å². The first-order valence-electron chi connectivity index (χ1n) is 4.09. The number of halogens is 1. The topological polar surface area (TPSA) is 0 Å². The summed E-state index contributed by atoms with van der Waals surface area (Å²) in [6, 6.07) is 4.91. The van der Waals surface area contributed by atoms with Crippen molar-refractivity contribution >= 4 is 0 Å². The summed E-state index contributed by atoms with van der Waals surface area (Å²) >= 11 is 0. The highest BCUT2D eigenvalue weighted by molar-refractivity contribution is 5.28. The first-order chi connectivity index (χ1) is 5.76. The van der Waals surface area contributed by atoms with E-state index in [2.05, 4.69) is 19.6 Å². The second-order valence-corrected chi connectivity index (χ2v) is 2.77. The summed E-state index contributed by atoms with van der Waals surface area (Å²) in [6.07, 6.45) is 4.61. The van der Waals surface area contributed by atoms with Crippen LogP contribution < -0.4 is 0 Å². The molecule has 0 nitrogen and oxygen atoms in total. The van der Waals surface area contributed by atoms with Gasteiger partial charge in [0.1, 0.15) is 5.82 Å². The second kappa shape index (κ2) is 4.05. The number of hydrogen-bond acceptors (Lipinski definition) is 0. The Balaban J connectivity index is 2.97. The molecule has 1 aromatic carbocycles. The standard InChI is InChI=1S/C11H12F/c1-3-5-10-6-9(4-2)7-11(12)8-10/h6-8H,2-3,5H2,1H3. The van der Waals surface area contributed by atoms with Gasteiger partial charge in [-0.2, -0.15) is 0 Å². The molecule has 12 heavy (non-hydrogen) atoms. The predicted molar refractivity (Wildman–Crippen MR) is 48.4 cm³/mol. The molecule has 1 aromatic rings. The molecule has 0 aromatic heterocycles. The molecule has 0 amide bonds. The summed E-state index contributed by atoms with van der Waals surface area (Å²) in [5, 5.41) is 0. The lowest BCUT2D eigenvalue weighted by Gasteiger charge is -2.00. The Kier molecular flexibility index (Phi) is 3.03. The van der Waals surface area contributed by atoms with E-state index in [4.69, 9.17) is 0 Å². The SMILES string of the molecule is C=[C]c1cc(F)cc(CCC)c1. The van der Waals surface area contributed by atoms with Crippen LogP contribution in [0.5, 0.6) is 0 Å². The molecule has 1 heteroatoms. The van der Waals surface area contributed by atoms with Gasteiger partial charge in [0.2, 0.25) is 0 Å². The average molecular weight is 163 g/mol. The lowest BCUT2D eigenvalue weighted by molar-refractivity contribution is 0.624. The molecule has 0 saturated carbocycles. The van der Waals surface area contributed by atoms with Crippen molar-refractivity contribution in [3.05, 3.63) is 47.8 Å². The molecule has 0 N–H and O–H groups in total. The Morgan fingerprint density at radius 2 is 2.17 bits per heavy atom. The minimum absolute atomic E-state index is 0.202. The van der Waals surface area contributed by atoms with Crippen molar-refractivity contribution in [1.82, 2.24) is 0 Å². The molecule has 0 aliphatic carbocycles. The first-order valence-corrected chi connectivity index (χ1v) is 4.09. The van der Waals surface area contributed by atoms with Gasteiger partial charge in [0, 0.05) is 0 Å². The van der Waals surface area contributed by atoms with E-state index in [0.717, 1.165) is 24.0 Å². The number of rotatable bonds is 3. The van der Waals surface area contributed by atoms with Gasteiger partial charge in [-0.1, -0.05) is 26.0 Å². The van der Waals surface area contributed by atoms with E-state index in [9.17, 15) is 4.39 Å². The Morgan fingerprint density at radius 3 is 2.75 bits per heavy atom. The van der Waals surface area contributed by atoms with Gasteiger partial charge in [0.25, 0.3) is 0 Å². The largest absolute Gasteiger partial charge is 0.207 e. The maximum absolute atomic E-state index is 12.9. The summed E-state index contributed by atoms with van der Waals surface area (Å²) in [4.78, 5) is 0. The molecule has 0 bridgehead atoms. The highest BCUT2D eigenvalue weighted by Crippen LogP contribution is 2.10. The van der Waals surface area contributed by atoms with Crippen LogP contribution in [0.1, 0.15) is 24.5 Å². The van der Waals surface area contributed by atoms with Crippen LogP contribution in [0, 0.1) is 11.9 Å². The molecule has 1 radical (unpaired) electrons. The fourth-order valence-corrected chi connectivity index (χ4v) is 1.19. The molecule has 0 saturated heterocycles. The lowest BCUT2D eigenvalue weighted by atomic mass is 10.1. The third kappa shape index (κ3) is 2.19. The van der Waals surface area contributed by atoms with E-state index in [1.54, 1.807) is 6.07 Å². The Labute approximate surface area is 72.7 Å². The zero-order valence-corrected chi connectivity index (χ0v) is 7.23. The second-order valence-electron chi connectivity index (χ2n) is 2.77. The molecule has 0 heterocycles. The third-order valence-electron chi connectivity index (χ3n) is 1.70. The summed E-state index contributed by atoms with van der Waals surface area (Å²) in [5.74, 6) is -0.202. The maximum Gasteiger partial charge on any atom is 0.124 e. The van der Waals surface area contributed by atoms with E-state index in [1.165, 1.54) is 6.07 Å². The fraction of sp³-hybridized carbons (Fsp3) is 0.273. The van der Waals surface area contributed by atoms with Crippen LogP contribution >= 0.6 is 0 Å². The quantitative estimate of drug-likeness (QED) is 0.642. The molecule has 63 valence electrons. The molecule has 0 aliphatic rings. The van der Waals surface area contributed by atoms with Crippen LogP contribution in [0.3, 0.4) is 0 Å². The molecule has 0 spiro atoms. The zero-order chi connectivity index (χ0) is 8.97. The summed E-state index contributed by atoms with van der Waals surface area (Å²) in [7, 11) is 0. The summed E-state index contributed by atoms with van der Waals surface area (Å²) in [5.41, 5.74) is 1.75. The van der Waals surface area contributed by atoms with Crippen LogP contribution in [0.25, 0.3) is 0 Å². The van der Waals surface area contributed by atoms with E-state index in [-0.39, 0.29) is 5.82 Å². The van der Waals surface area contributed by atoms with Crippen LogP contribution in [-0.4, -0.2) is 0 Å². The normalized spacial score (nSPS) is 9.83.